The lowest BCUT2D eigenvalue weighted by Crippen LogP contribution is -2.41. The molecule has 2 aromatic carbocycles. The van der Waals surface area contributed by atoms with E-state index in [9.17, 15) is 18.0 Å². The molecule has 184 valence electrons. The van der Waals surface area contributed by atoms with Gasteiger partial charge in [-0.15, -0.1) is 0 Å². The molecular weight excluding hydrogens is 470 g/mol. The van der Waals surface area contributed by atoms with Crippen LogP contribution in [0.4, 0.5) is 0 Å². The molecule has 3 aromatic rings. The molecule has 0 aliphatic carbocycles. The number of aromatic nitrogens is 2. The third-order valence-corrected chi connectivity index (χ3v) is 7.05. The van der Waals surface area contributed by atoms with Gasteiger partial charge in [-0.3, -0.25) is 9.59 Å². The number of nitrogens with one attached hydrogen (secondary N) is 1. The molecule has 0 bridgehead atoms. The van der Waals surface area contributed by atoms with Gasteiger partial charge in [0.25, 0.3) is 21.5 Å². The normalized spacial score (nSPS) is 13.6. The summed E-state index contributed by atoms with van der Waals surface area (Å²) in [5, 5.41) is 4.36. The van der Waals surface area contributed by atoms with Crippen molar-refractivity contribution in [1.82, 2.24) is 14.5 Å². The van der Waals surface area contributed by atoms with Crippen LogP contribution in [0.2, 0.25) is 0 Å². The van der Waals surface area contributed by atoms with E-state index in [0.29, 0.717) is 29.2 Å². The lowest BCUT2D eigenvalue weighted by molar-refractivity contribution is -0.121. The molecule has 1 atom stereocenters. The second-order valence-electron chi connectivity index (χ2n) is 8.57. The van der Waals surface area contributed by atoms with Crippen LogP contribution in [0.25, 0.3) is 0 Å². The maximum atomic E-state index is 13.5. The van der Waals surface area contributed by atoms with Gasteiger partial charge in [-0.1, -0.05) is 45.4 Å². The van der Waals surface area contributed by atoms with Crippen molar-refractivity contribution in [3.63, 3.8) is 0 Å². The van der Waals surface area contributed by atoms with E-state index in [1.165, 1.54) is 18.2 Å². The van der Waals surface area contributed by atoms with Gasteiger partial charge >= 0.3 is 0 Å². The van der Waals surface area contributed by atoms with E-state index < -0.39 is 27.5 Å². The first-order chi connectivity index (χ1) is 16.7. The van der Waals surface area contributed by atoms with Crippen LogP contribution in [-0.2, 0) is 21.2 Å². The van der Waals surface area contributed by atoms with Crippen LogP contribution >= 0.6 is 0 Å². The van der Waals surface area contributed by atoms with Crippen molar-refractivity contribution in [2.45, 2.75) is 50.5 Å². The number of nitrogens with zero attached hydrogens (tertiary/aromatic N) is 2. The molecule has 1 aliphatic heterocycles. The number of ether oxygens (including phenoxy) is 2. The third-order valence-electron chi connectivity index (χ3n) is 5.68. The lowest BCUT2D eigenvalue weighted by Gasteiger charge is -2.20. The first-order valence-corrected chi connectivity index (χ1v) is 12.8. The number of aryl methyl sites for hydroxylation is 1. The third kappa shape index (κ3) is 5.22. The monoisotopic (exact) mass is 497 g/mol. The summed E-state index contributed by atoms with van der Waals surface area (Å²) in [5.74, 6) is 0.195. The minimum absolute atomic E-state index is 0.0284. The van der Waals surface area contributed by atoms with Gasteiger partial charge in [0, 0.05) is 6.07 Å². The molecule has 35 heavy (non-hydrogen) atoms. The first kappa shape index (κ1) is 24.5. The predicted molar refractivity (Wildman–Crippen MR) is 129 cm³/mol. The second-order valence-corrected chi connectivity index (χ2v) is 10.2. The van der Waals surface area contributed by atoms with Crippen molar-refractivity contribution in [3.05, 3.63) is 81.8 Å². The molecule has 1 aliphatic rings. The molecule has 0 saturated heterocycles. The van der Waals surface area contributed by atoms with E-state index in [2.05, 4.69) is 9.82 Å². The second kappa shape index (κ2) is 9.91. The molecule has 1 amide bonds. The Hall–Kier alpha value is -3.66. The van der Waals surface area contributed by atoms with Gasteiger partial charge < -0.3 is 9.47 Å². The molecule has 2 heterocycles. The zero-order chi connectivity index (χ0) is 25.2. The first-order valence-electron chi connectivity index (χ1n) is 11.3. The van der Waals surface area contributed by atoms with Crippen molar-refractivity contribution in [2.75, 3.05) is 6.79 Å². The highest BCUT2D eigenvalue weighted by Gasteiger charge is 2.31. The van der Waals surface area contributed by atoms with Crippen molar-refractivity contribution < 1.29 is 22.7 Å². The van der Waals surface area contributed by atoms with Crippen molar-refractivity contribution in [1.29, 1.82) is 0 Å². The fourth-order valence-electron chi connectivity index (χ4n) is 3.81. The zero-order valence-corrected chi connectivity index (χ0v) is 20.5. The Morgan fingerprint density at radius 2 is 1.71 bits per heavy atom. The number of carbonyl (C=O) groups excluding carboxylic acids is 1. The Balaban J connectivity index is 1.74. The Morgan fingerprint density at radius 1 is 1.03 bits per heavy atom. The number of fused-ring (bicyclic) bond motifs is 1. The molecule has 9 nitrogen and oxygen atoms in total. The number of hydrogen-bond acceptors (Lipinski definition) is 7. The van der Waals surface area contributed by atoms with Crippen LogP contribution in [0.3, 0.4) is 0 Å². The average molecular weight is 498 g/mol. The Bertz CT molecular complexity index is 1400. The van der Waals surface area contributed by atoms with Gasteiger partial charge in [0.05, 0.1) is 10.6 Å². The standard InChI is InChI=1S/C25H27N3O6S/c1-4-5-19-9-13-23(29)28(26-19)24(18-8-12-21-22(14-18)34-15-33-21)25(30)27-35(31,32)20-10-6-17(7-11-20)16(2)3/h6-14,16,24H,4-5,15H2,1-3H3,(H,27,30). The van der Waals surface area contributed by atoms with Crippen LogP contribution in [0, 0.1) is 0 Å². The summed E-state index contributed by atoms with van der Waals surface area (Å²) in [5.41, 5.74) is 1.37. The summed E-state index contributed by atoms with van der Waals surface area (Å²) in [6.45, 7) is 5.99. The van der Waals surface area contributed by atoms with Crippen LogP contribution in [-0.4, -0.2) is 30.9 Å². The van der Waals surface area contributed by atoms with Crippen LogP contribution in [0.5, 0.6) is 11.5 Å². The maximum absolute atomic E-state index is 13.5. The number of benzene rings is 2. The lowest BCUT2D eigenvalue weighted by atomic mass is 10.0. The highest BCUT2D eigenvalue weighted by atomic mass is 32.2. The quantitative estimate of drug-likeness (QED) is 0.508. The Morgan fingerprint density at radius 3 is 2.40 bits per heavy atom. The van der Waals surface area contributed by atoms with Crippen LogP contribution in [0.1, 0.15) is 56.0 Å². The van der Waals surface area contributed by atoms with E-state index in [0.717, 1.165) is 16.7 Å². The van der Waals surface area contributed by atoms with E-state index in [-0.39, 0.29) is 17.6 Å². The molecule has 0 spiro atoms. The Labute approximate surface area is 203 Å². The molecular formula is C25H27N3O6S. The average Bonchev–Trinajstić information content (AvgIpc) is 3.29. The van der Waals surface area contributed by atoms with Crippen LogP contribution < -0.4 is 19.8 Å². The van der Waals surface area contributed by atoms with E-state index >= 15 is 0 Å². The predicted octanol–water partition coefficient (Wildman–Crippen LogP) is 3.14. The summed E-state index contributed by atoms with van der Waals surface area (Å²) in [7, 11) is -4.21. The number of amides is 1. The zero-order valence-electron chi connectivity index (χ0n) is 19.7. The molecule has 0 radical (unpaired) electrons. The van der Waals surface area contributed by atoms with Gasteiger partial charge in [-0.2, -0.15) is 5.10 Å². The van der Waals surface area contributed by atoms with Crippen molar-refractivity contribution in [3.8, 4) is 11.5 Å². The highest BCUT2D eigenvalue weighted by molar-refractivity contribution is 7.90. The van der Waals surface area contributed by atoms with E-state index in [4.69, 9.17) is 9.47 Å². The number of sulfonamides is 1. The van der Waals surface area contributed by atoms with Crippen molar-refractivity contribution >= 4 is 15.9 Å². The minimum Gasteiger partial charge on any atom is -0.454 e. The molecule has 1 unspecified atom stereocenters. The van der Waals surface area contributed by atoms with Gasteiger partial charge in [-0.05, 0) is 53.8 Å². The van der Waals surface area contributed by atoms with Crippen LogP contribution in [0.15, 0.2) is 64.3 Å². The molecule has 0 saturated carbocycles. The summed E-state index contributed by atoms with van der Waals surface area (Å²) in [4.78, 5) is 26.2. The van der Waals surface area contributed by atoms with E-state index in [1.807, 2.05) is 20.8 Å². The topological polar surface area (TPSA) is 117 Å². The molecule has 4 rings (SSSR count). The molecule has 1 N–H and O–H groups in total. The Kier molecular flexibility index (Phi) is 6.93. The van der Waals surface area contributed by atoms with E-state index in [1.54, 1.807) is 36.4 Å². The SMILES string of the molecule is CCCc1ccc(=O)n(C(C(=O)NS(=O)(=O)c2ccc(C(C)C)cc2)c2ccc3c(c2)OCO3)n1. The number of rotatable bonds is 8. The summed E-state index contributed by atoms with van der Waals surface area (Å²) < 4.78 is 40.0. The number of hydrogen-bond donors (Lipinski definition) is 1. The highest BCUT2D eigenvalue weighted by Crippen LogP contribution is 2.35. The van der Waals surface area contributed by atoms with Gasteiger partial charge in [0.1, 0.15) is 0 Å². The number of carbonyl (C=O) groups is 1. The molecule has 10 heteroatoms. The minimum atomic E-state index is -4.21. The summed E-state index contributed by atoms with van der Waals surface area (Å²) in [6, 6.07) is 12.6. The smallest absolute Gasteiger partial charge is 0.267 e. The molecule has 1 aromatic heterocycles. The molecule has 0 fully saturated rings. The van der Waals surface area contributed by atoms with Gasteiger partial charge in [0.15, 0.2) is 17.5 Å². The van der Waals surface area contributed by atoms with Crippen molar-refractivity contribution in [2.24, 2.45) is 0 Å². The summed E-state index contributed by atoms with van der Waals surface area (Å²) in [6.07, 6.45) is 1.38. The maximum Gasteiger partial charge on any atom is 0.267 e. The van der Waals surface area contributed by atoms with Gasteiger partial charge in [0.2, 0.25) is 6.79 Å². The summed E-state index contributed by atoms with van der Waals surface area (Å²) >= 11 is 0. The fourth-order valence-corrected chi connectivity index (χ4v) is 4.79. The van der Waals surface area contributed by atoms with Gasteiger partial charge in [-0.25, -0.2) is 17.8 Å². The largest absolute Gasteiger partial charge is 0.454 e. The fraction of sp³-hybridized carbons (Fsp3) is 0.320.